The van der Waals surface area contributed by atoms with Crippen molar-refractivity contribution in [3.05, 3.63) is 137 Å². The molecule has 17 nitrogen and oxygen atoms in total. The largest absolute Gasteiger partial charge is 0.466 e. The molecule has 0 aromatic heterocycles. The molecule has 8 rings (SSSR count). The zero-order valence-electron chi connectivity index (χ0n) is 39.1. The van der Waals surface area contributed by atoms with Crippen LogP contribution in [0.15, 0.2) is 108 Å². The van der Waals surface area contributed by atoms with Crippen molar-refractivity contribution in [1.82, 2.24) is 25.8 Å². The summed E-state index contributed by atoms with van der Waals surface area (Å²) in [5.74, 6) is -1.74. The summed E-state index contributed by atoms with van der Waals surface area (Å²) in [6.45, 7) is 1.48. The van der Waals surface area contributed by atoms with Gasteiger partial charge in [-0.3, -0.25) is 38.9 Å². The summed E-state index contributed by atoms with van der Waals surface area (Å²) < 4.78 is 17.7. The van der Waals surface area contributed by atoms with E-state index in [4.69, 9.17) is 19.2 Å². The predicted octanol–water partition coefficient (Wildman–Crippen LogP) is 4.53. The van der Waals surface area contributed by atoms with Crippen molar-refractivity contribution in [2.75, 3.05) is 51.4 Å². The van der Waals surface area contributed by atoms with Crippen LogP contribution in [0.3, 0.4) is 0 Å². The molecule has 4 aromatic carbocycles. The van der Waals surface area contributed by atoms with Crippen LogP contribution in [-0.2, 0) is 62.5 Å². The number of hydrogen-bond donors (Lipinski definition) is 4. The van der Waals surface area contributed by atoms with E-state index in [1.807, 2.05) is 84.9 Å². The molecule has 4 N–H and O–H groups in total. The highest BCUT2D eigenvalue weighted by molar-refractivity contribution is 6.07. The third-order valence-electron chi connectivity index (χ3n) is 12.9. The van der Waals surface area contributed by atoms with E-state index in [9.17, 15) is 33.6 Å². The number of carbonyl (C=O) groups excluding carboxylic acids is 7. The van der Waals surface area contributed by atoms with Crippen LogP contribution in [-0.4, -0.2) is 115 Å². The Bertz CT molecular complexity index is 2590. The van der Waals surface area contributed by atoms with Crippen molar-refractivity contribution >= 4 is 52.9 Å². The Hall–Kier alpha value is -7.24. The molecule has 0 spiro atoms. The molecule has 70 heavy (non-hydrogen) atoms. The van der Waals surface area contributed by atoms with Crippen LogP contribution < -0.4 is 21.3 Å². The molecule has 366 valence electrons. The normalized spacial score (nSPS) is 19.3. The first-order chi connectivity index (χ1) is 34.1. The Morgan fingerprint density at radius 3 is 2.29 bits per heavy atom. The van der Waals surface area contributed by atoms with Crippen molar-refractivity contribution in [2.45, 2.75) is 88.6 Å². The second kappa shape index (κ2) is 23.4. The molecule has 1 saturated heterocycles. The van der Waals surface area contributed by atoms with Crippen LogP contribution in [0.4, 0.5) is 5.69 Å². The van der Waals surface area contributed by atoms with Crippen LogP contribution in [0.25, 0.3) is 0 Å². The molecule has 4 aliphatic heterocycles. The quantitative estimate of drug-likeness (QED) is 0.0602. The van der Waals surface area contributed by atoms with Crippen LogP contribution in [0, 0.1) is 0 Å². The summed E-state index contributed by atoms with van der Waals surface area (Å²) in [5.41, 5.74) is 3.76. The fraction of sp³-hybridized carbons (Fsp3) is 0.396. The van der Waals surface area contributed by atoms with Crippen molar-refractivity contribution in [3.63, 3.8) is 0 Å². The Labute approximate surface area is 406 Å². The molecule has 3 atom stereocenters. The molecule has 1 fully saturated rings. The summed E-state index contributed by atoms with van der Waals surface area (Å²) in [4.78, 5) is 98.4. The maximum atomic E-state index is 14.8. The summed E-state index contributed by atoms with van der Waals surface area (Å²) in [6, 6.07) is 31.4. The number of anilines is 1. The molecule has 1 unspecified atom stereocenters. The summed E-state index contributed by atoms with van der Waals surface area (Å²) >= 11 is 0. The number of benzene rings is 4. The zero-order chi connectivity index (χ0) is 48.9. The number of piperidine rings is 1. The van der Waals surface area contributed by atoms with Crippen molar-refractivity contribution in [3.8, 4) is 0 Å². The maximum absolute atomic E-state index is 14.8. The Morgan fingerprint density at radius 2 is 1.47 bits per heavy atom. The molecule has 0 aliphatic carbocycles. The molecule has 17 heteroatoms. The van der Waals surface area contributed by atoms with Gasteiger partial charge in [0.15, 0.2) is 11.6 Å². The fourth-order valence-electron chi connectivity index (χ4n) is 9.41. The van der Waals surface area contributed by atoms with E-state index in [1.165, 1.54) is 4.90 Å². The molecule has 0 bridgehead atoms. The van der Waals surface area contributed by atoms with Gasteiger partial charge < -0.3 is 40.0 Å². The Balaban J connectivity index is 0.680. The van der Waals surface area contributed by atoms with E-state index in [0.717, 1.165) is 47.9 Å². The standard InChI is InChI=1S/C53H59N7O10/c61-44(56-42-22-14-21-40-41(42)33-60(51(40)66)43-24-25-45(62)57-49(43)65)23-10-2-1-3-13-26-54-47(64)35-69-30-29-68-28-27-55-46(63)34-59-32-38-19-11-12-20-39(38)48-53(52(59)67,31-36-15-6-4-7-16-36)58-50(70-48)37-17-8-5-9-18-37/h4-9,11-12,14-22,43,48H,1-3,10,13,23-35H2,(H,54,64)(H,55,63)(H,56,61)(H,57,62,65)/t43?,48-,53-/m0/s1. The number of imide groups is 1. The molecule has 4 heterocycles. The first-order valence-corrected chi connectivity index (χ1v) is 24.1. The number of amides is 7. The third-order valence-corrected chi connectivity index (χ3v) is 12.9. The van der Waals surface area contributed by atoms with Gasteiger partial charge >= 0.3 is 0 Å². The number of unbranched alkanes of at least 4 members (excludes halogenated alkanes) is 4. The van der Waals surface area contributed by atoms with Gasteiger partial charge in [-0.2, -0.15) is 0 Å². The van der Waals surface area contributed by atoms with Crippen LogP contribution in [0.5, 0.6) is 0 Å². The first-order valence-electron chi connectivity index (χ1n) is 24.1. The zero-order valence-corrected chi connectivity index (χ0v) is 39.1. The van der Waals surface area contributed by atoms with E-state index in [1.54, 1.807) is 23.1 Å². The first kappa shape index (κ1) is 49.2. The monoisotopic (exact) mass is 953 g/mol. The van der Waals surface area contributed by atoms with Crippen LogP contribution >= 0.6 is 0 Å². The molecule has 0 radical (unpaired) electrons. The minimum atomic E-state index is -1.34. The molecule has 7 amide bonds. The number of aliphatic imine (C=N–C) groups is 1. The maximum Gasteiger partial charge on any atom is 0.256 e. The molecular weight excluding hydrogens is 895 g/mol. The van der Waals surface area contributed by atoms with Gasteiger partial charge in [0, 0.05) is 73.4 Å². The van der Waals surface area contributed by atoms with Gasteiger partial charge in [-0.05, 0) is 54.7 Å². The predicted molar refractivity (Wildman–Crippen MR) is 258 cm³/mol. The highest BCUT2D eigenvalue weighted by Gasteiger charge is 2.57. The summed E-state index contributed by atoms with van der Waals surface area (Å²) in [6.07, 6.45) is 4.44. The van der Waals surface area contributed by atoms with Crippen LogP contribution in [0.2, 0.25) is 0 Å². The lowest BCUT2D eigenvalue weighted by molar-refractivity contribution is -0.143. The SMILES string of the molecule is O=C(COCCOCCNC(=O)CN1Cc2ccccc2[C@@H]2OC(c3ccccc3)=N[C@]2(Cc2ccccc2)C1=O)NCCCCCCCC(=O)Nc1cccc2c1CN(C1CCC(=O)NC1=O)C2=O. The van der Waals surface area contributed by atoms with Gasteiger partial charge in [-0.1, -0.05) is 98.1 Å². The van der Waals surface area contributed by atoms with Gasteiger partial charge in [0.1, 0.15) is 12.6 Å². The molecule has 4 aromatic rings. The Morgan fingerprint density at radius 1 is 0.743 bits per heavy atom. The molecular formula is C53H59N7O10. The van der Waals surface area contributed by atoms with Crippen molar-refractivity contribution in [2.24, 2.45) is 4.99 Å². The van der Waals surface area contributed by atoms with E-state index in [2.05, 4.69) is 21.3 Å². The number of rotatable bonds is 23. The van der Waals surface area contributed by atoms with Gasteiger partial charge in [-0.25, -0.2) is 4.99 Å². The lowest BCUT2D eigenvalue weighted by Gasteiger charge is -2.32. The highest BCUT2D eigenvalue weighted by atomic mass is 16.5. The number of nitrogens with one attached hydrogen (secondary N) is 4. The lowest BCUT2D eigenvalue weighted by atomic mass is 9.81. The van der Waals surface area contributed by atoms with E-state index < -0.39 is 23.6 Å². The van der Waals surface area contributed by atoms with E-state index >= 15 is 0 Å². The topological polar surface area (TPSA) is 214 Å². The Kier molecular flexibility index (Phi) is 16.4. The smallest absolute Gasteiger partial charge is 0.256 e. The minimum Gasteiger partial charge on any atom is -0.466 e. The molecule has 4 aliphatic rings. The van der Waals surface area contributed by atoms with Crippen LogP contribution in [0.1, 0.15) is 95.6 Å². The lowest BCUT2D eigenvalue weighted by Crippen LogP contribution is -2.52. The molecule has 0 saturated carbocycles. The van der Waals surface area contributed by atoms with E-state index in [-0.39, 0.29) is 107 Å². The minimum absolute atomic E-state index is 0.107. The van der Waals surface area contributed by atoms with Gasteiger partial charge in [-0.15, -0.1) is 0 Å². The van der Waals surface area contributed by atoms with Gasteiger partial charge in [0.05, 0.1) is 26.4 Å². The van der Waals surface area contributed by atoms with Crippen molar-refractivity contribution in [1.29, 1.82) is 0 Å². The number of fused-ring (bicyclic) bond motifs is 4. The van der Waals surface area contributed by atoms with Gasteiger partial charge in [0.25, 0.3) is 11.8 Å². The van der Waals surface area contributed by atoms with Crippen molar-refractivity contribution < 1.29 is 47.8 Å². The number of nitrogens with zero attached hydrogens (tertiary/aromatic N) is 3. The number of carbonyl (C=O) groups is 7. The van der Waals surface area contributed by atoms with Gasteiger partial charge in [0.2, 0.25) is 35.4 Å². The van der Waals surface area contributed by atoms with E-state index in [0.29, 0.717) is 42.1 Å². The summed E-state index contributed by atoms with van der Waals surface area (Å²) in [7, 11) is 0. The number of ether oxygens (including phenoxy) is 3. The highest BCUT2D eigenvalue weighted by Crippen LogP contribution is 2.46. The second-order valence-electron chi connectivity index (χ2n) is 17.9. The summed E-state index contributed by atoms with van der Waals surface area (Å²) in [5, 5.41) is 10.9. The third kappa shape index (κ3) is 11.9. The second-order valence-corrected chi connectivity index (χ2v) is 17.9. The fourth-order valence-corrected chi connectivity index (χ4v) is 9.41. The average molecular weight is 954 g/mol. The average Bonchev–Trinajstić information content (AvgIpc) is 3.89. The number of hydrogen-bond acceptors (Lipinski definition) is 11.